The van der Waals surface area contributed by atoms with E-state index in [4.69, 9.17) is 0 Å². The van der Waals surface area contributed by atoms with Gasteiger partial charge in [0, 0.05) is 19.3 Å². The molecular formula is C19H24N4O2. The first kappa shape index (κ1) is 17.4. The monoisotopic (exact) mass is 340 g/mol. The van der Waals surface area contributed by atoms with Crippen LogP contribution in [-0.4, -0.2) is 39.1 Å². The van der Waals surface area contributed by atoms with Crippen LogP contribution >= 0.6 is 0 Å². The second kappa shape index (κ2) is 8.07. The molecule has 2 heterocycles. The van der Waals surface area contributed by atoms with E-state index in [2.05, 4.69) is 15.3 Å². The standard InChI is InChI=1S/C19H24N4O2/c1-14-20-10-7-17(22-14)13-21-19(25)23-11-8-16(9-12-23)18(24)15-5-3-2-4-6-15/h2-7,10,16,18,24H,8-9,11-13H2,1H3,(H,21,25)/t18-/m1/s1. The maximum absolute atomic E-state index is 12.3. The Bertz CT molecular complexity index is 700. The number of urea groups is 1. The van der Waals surface area contributed by atoms with Crippen molar-refractivity contribution in [2.45, 2.75) is 32.4 Å². The zero-order valence-corrected chi connectivity index (χ0v) is 14.4. The largest absolute Gasteiger partial charge is 0.388 e. The lowest BCUT2D eigenvalue weighted by molar-refractivity contribution is 0.0665. The molecule has 2 amide bonds. The van der Waals surface area contributed by atoms with Gasteiger partial charge in [0.2, 0.25) is 0 Å². The molecule has 25 heavy (non-hydrogen) atoms. The van der Waals surface area contributed by atoms with Crippen LogP contribution in [0, 0.1) is 12.8 Å². The van der Waals surface area contributed by atoms with E-state index in [-0.39, 0.29) is 11.9 Å². The highest BCUT2D eigenvalue weighted by molar-refractivity contribution is 5.74. The number of nitrogens with zero attached hydrogens (tertiary/aromatic N) is 3. The fraction of sp³-hybridized carbons (Fsp3) is 0.421. The third-order valence-electron chi connectivity index (χ3n) is 4.67. The maximum atomic E-state index is 12.3. The molecule has 132 valence electrons. The molecule has 6 heteroatoms. The van der Waals surface area contributed by atoms with E-state index in [0.29, 0.717) is 25.5 Å². The Morgan fingerprint density at radius 3 is 2.68 bits per heavy atom. The van der Waals surface area contributed by atoms with Gasteiger partial charge in [-0.3, -0.25) is 0 Å². The zero-order valence-electron chi connectivity index (χ0n) is 14.4. The highest BCUT2D eigenvalue weighted by Crippen LogP contribution is 2.30. The molecule has 1 atom stereocenters. The number of aliphatic hydroxyl groups is 1. The number of aromatic nitrogens is 2. The number of aryl methyl sites for hydroxylation is 1. The molecule has 1 aromatic heterocycles. The van der Waals surface area contributed by atoms with Crippen molar-refractivity contribution in [2.24, 2.45) is 5.92 Å². The van der Waals surface area contributed by atoms with Gasteiger partial charge in [0.1, 0.15) is 5.82 Å². The highest BCUT2D eigenvalue weighted by Gasteiger charge is 2.28. The number of rotatable bonds is 4. The van der Waals surface area contributed by atoms with Gasteiger partial charge >= 0.3 is 6.03 Å². The molecule has 1 saturated heterocycles. The molecule has 2 aromatic rings. The number of benzene rings is 1. The van der Waals surface area contributed by atoms with Crippen molar-refractivity contribution in [1.82, 2.24) is 20.2 Å². The predicted molar refractivity (Wildman–Crippen MR) is 94.7 cm³/mol. The van der Waals surface area contributed by atoms with Crippen molar-refractivity contribution in [3.8, 4) is 0 Å². The molecule has 1 aromatic carbocycles. The molecule has 0 aliphatic carbocycles. The van der Waals surface area contributed by atoms with E-state index in [1.54, 1.807) is 12.3 Å². The van der Waals surface area contributed by atoms with E-state index >= 15 is 0 Å². The molecule has 6 nitrogen and oxygen atoms in total. The Kier molecular flexibility index (Phi) is 5.60. The van der Waals surface area contributed by atoms with Gasteiger partial charge < -0.3 is 15.3 Å². The number of carbonyl (C=O) groups is 1. The van der Waals surface area contributed by atoms with Crippen LogP contribution in [0.2, 0.25) is 0 Å². The van der Waals surface area contributed by atoms with Gasteiger partial charge in [-0.1, -0.05) is 30.3 Å². The Morgan fingerprint density at radius 2 is 2.00 bits per heavy atom. The van der Waals surface area contributed by atoms with Crippen molar-refractivity contribution in [2.75, 3.05) is 13.1 Å². The summed E-state index contributed by atoms with van der Waals surface area (Å²) in [6, 6.07) is 11.5. The van der Waals surface area contributed by atoms with Crippen molar-refractivity contribution >= 4 is 6.03 Å². The molecule has 0 saturated carbocycles. The number of likely N-dealkylation sites (tertiary alicyclic amines) is 1. The third-order valence-corrected chi connectivity index (χ3v) is 4.67. The minimum absolute atomic E-state index is 0.0797. The molecule has 1 aliphatic rings. The van der Waals surface area contributed by atoms with Gasteiger partial charge in [0.25, 0.3) is 0 Å². The van der Waals surface area contributed by atoms with E-state index in [9.17, 15) is 9.90 Å². The molecule has 2 N–H and O–H groups in total. The predicted octanol–water partition coefficient (Wildman–Crippen LogP) is 2.44. The molecule has 0 unspecified atom stereocenters. The summed E-state index contributed by atoms with van der Waals surface area (Å²) in [7, 11) is 0. The van der Waals surface area contributed by atoms with Gasteiger partial charge in [-0.25, -0.2) is 14.8 Å². The fourth-order valence-corrected chi connectivity index (χ4v) is 3.22. The number of hydrogen-bond donors (Lipinski definition) is 2. The second-order valence-electron chi connectivity index (χ2n) is 6.43. The minimum Gasteiger partial charge on any atom is -0.388 e. The molecule has 0 bridgehead atoms. The summed E-state index contributed by atoms with van der Waals surface area (Å²) in [6.45, 7) is 3.54. The van der Waals surface area contributed by atoms with Gasteiger partial charge in [-0.15, -0.1) is 0 Å². The lowest BCUT2D eigenvalue weighted by Crippen LogP contribution is -2.45. The molecule has 1 aliphatic heterocycles. The Balaban J connectivity index is 1.47. The lowest BCUT2D eigenvalue weighted by Gasteiger charge is -2.34. The summed E-state index contributed by atoms with van der Waals surface area (Å²) in [4.78, 5) is 22.4. The lowest BCUT2D eigenvalue weighted by atomic mass is 9.87. The topological polar surface area (TPSA) is 78.4 Å². The van der Waals surface area contributed by atoms with Crippen molar-refractivity contribution in [3.63, 3.8) is 0 Å². The number of amides is 2. The minimum atomic E-state index is -0.463. The Morgan fingerprint density at radius 1 is 1.28 bits per heavy atom. The van der Waals surface area contributed by atoms with Crippen LogP contribution in [0.3, 0.4) is 0 Å². The maximum Gasteiger partial charge on any atom is 0.317 e. The van der Waals surface area contributed by atoms with E-state index in [1.807, 2.05) is 42.2 Å². The summed E-state index contributed by atoms with van der Waals surface area (Å²) in [6.07, 6.45) is 2.84. The molecule has 3 rings (SSSR count). The van der Waals surface area contributed by atoms with Crippen molar-refractivity contribution in [3.05, 3.63) is 59.7 Å². The third kappa shape index (κ3) is 4.54. The second-order valence-corrected chi connectivity index (χ2v) is 6.43. The summed E-state index contributed by atoms with van der Waals surface area (Å²) in [5.74, 6) is 0.887. The Hall–Kier alpha value is -2.47. The number of aliphatic hydroxyl groups excluding tert-OH is 1. The summed E-state index contributed by atoms with van der Waals surface area (Å²) in [5.41, 5.74) is 1.75. The van der Waals surface area contributed by atoms with Crippen molar-refractivity contribution < 1.29 is 9.90 Å². The Labute approximate surface area is 147 Å². The number of carbonyl (C=O) groups excluding carboxylic acids is 1. The van der Waals surface area contributed by atoms with Crippen LogP contribution in [0.4, 0.5) is 4.79 Å². The molecule has 0 spiro atoms. The smallest absolute Gasteiger partial charge is 0.317 e. The van der Waals surface area contributed by atoms with Gasteiger partial charge in [-0.2, -0.15) is 0 Å². The quantitative estimate of drug-likeness (QED) is 0.896. The first-order valence-electron chi connectivity index (χ1n) is 8.68. The molecular weight excluding hydrogens is 316 g/mol. The number of piperidine rings is 1. The van der Waals surface area contributed by atoms with Crippen LogP contribution in [0.5, 0.6) is 0 Å². The van der Waals surface area contributed by atoms with Crippen LogP contribution in [0.25, 0.3) is 0 Å². The summed E-state index contributed by atoms with van der Waals surface area (Å²) < 4.78 is 0. The molecule has 0 radical (unpaired) electrons. The van der Waals surface area contributed by atoms with E-state index < -0.39 is 6.10 Å². The SMILES string of the molecule is Cc1nccc(CNC(=O)N2CCC([C@H](O)c3ccccc3)CC2)n1. The average molecular weight is 340 g/mol. The van der Waals surface area contributed by atoms with Gasteiger partial charge in [0.05, 0.1) is 18.3 Å². The summed E-state index contributed by atoms with van der Waals surface area (Å²) >= 11 is 0. The average Bonchev–Trinajstić information content (AvgIpc) is 2.66. The van der Waals surface area contributed by atoms with E-state index in [0.717, 1.165) is 24.1 Å². The highest BCUT2D eigenvalue weighted by atomic mass is 16.3. The van der Waals surface area contributed by atoms with Crippen LogP contribution < -0.4 is 5.32 Å². The van der Waals surface area contributed by atoms with Crippen LogP contribution in [0.1, 0.15) is 36.0 Å². The molecule has 1 fully saturated rings. The van der Waals surface area contributed by atoms with Gasteiger partial charge in [-0.05, 0) is 37.3 Å². The van der Waals surface area contributed by atoms with Crippen LogP contribution in [-0.2, 0) is 6.54 Å². The zero-order chi connectivity index (χ0) is 17.6. The fourth-order valence-electron chi connectivity index (χ4n) is 3.22. The van der Waals surface area contributed by atoms with Crippen molar-refractivity contribution in [1.29, 1.82) is 0 Å². The van der Waals surface area contributed by atoms with Gasteiger partial charge in [0.15, 0.2) is 0 Å². The normalized spacial score (nSPS) is 16.5. The number of nitrogens with one attached hydrogen (secondary N) is 1. The first-order valence-corrected chi connectivity index (χ1v) is 8.68. The van der Waals surface area contributed by atoms with E-state index in [1.165, 1.54) is 0 Å². The first-order chi connectivity index (χ1) is 12.1. The number of hydrogen-bond acceptors (Lipinski definition) is 4. The van der Waals surface area contributed by atoms with Crippen LogP contribution in [0.15, 0.2) is 42.6 Å². The summed E-state index contributed by atoms with van der Waals surface area (Å²) in [5, 5.41) is 13.4.